The lowest BCUT2D eigenvalue weighted by Gasteiger charge is -2.38. The first-order valence-electron chi connectivity index (χ1n) is 9.11. The molecule has 1 saturated carbocycles. The summed E-state index contributed by atoms with van der Waals surface area (Å²) in [5.74, 6) is -0.0209. The molecular weight excluding hydrogens is 330 g/mol. The lowest BCUT2D eigenvalue weighted by molar-refractivity contribution is -0.118. The minimum atomic E-state index is -0.283. The molecule has 0 spiro atoms. The Balaban J connectivity index is 1.52. The number of aromatic nitrogens is 1. The quantitative estimate of drug-likeness (QED) is 0.916. The predicted molar refractivity (Wildman–Crippen MR) is 101 cm³/mol. The molecule has 2 aliphatic rings. The molecule has 136 valence electrons. The highest BCUT2D eigenvalue weighted by Gasteiger charge is 2.35. The summed E-state index contributed by atoms with van der Waals surface area (Å²) in [7, 11) is 0. The van der Waals surface area contributed by atoms with Crippen LogP contribution < -0.4 is 15.4 Å². The Morgan fingerprint density at radius 1 is 1.15 bits per heavy atom. The maximum atomic E-state index is 12.9. The molecular formula is C20H23N3O3. The van der Waals surface area contributed by atoms with Gasteiger partial charge in [-0.3, -0.25) is 9.59 Å². The Hall–Kier alpha value is -2.76. The number of hydrogen-bond donors (Lipinski definition) is 1. The van der Waals surface area contributed by atoms with E-state index >= 15 is 0 Å². The van der Waals surface area contributed by atoms with Gasteiger partial charge in [-0.25, -0.2) is 0 Å². The average Bonchev–Trinajstić information content (AvgIpc) is 3.44. The fourth-order valence-electron chi connectivity index (χ4n) is 3.75. The van der Waals surface area contributed by atoms with Crippen LogP contribution >= 0.6 is 0 Å². The first-order valence-corrected chi connectivity index (χ1v) is 9.11. The zero-order chi connectivity index (χ0) is 18.3. The average molecular weight is 353 g/mol. The number of nitrogens with zero attached hydrogens (tertiary/aromatic N) is 3. The molecule has 6 heteroatoms. The van der Waals surface area contributed by atoms with Crippen molar-refractivity contribution < 1.29 is 9.90 Å². The number of hydrogen-bond acceptors (Lipinski definition) is 4. The van der Waals surface area contributed by atoms with Gasteiger partial charge < -0.3 is 19.5 Å². The van der Waals surface area contributed by atoms with Crippen LogP contribution in [0.15, 0.2) is 41.2 Å². The van der Waals surface area contributed by atoms with Crippen molar-refractivity contribution in [1.82, 2.24) is 4.57 Å². The van der Waals surface area contributed by atoms with Crippen LogP contribution in [0.5, 0.6) is 5.75 Å². The normalized spacial score (nSPS) is 16.5. The van der Waals surface area contributed by atoms with Crippen molar-refractivity contribution in [2.24, 2.45) is 0 Å². The van der Waals surface area contributed by atoms with Gasteiger partial charge in [0.1, 0.15) is 5.75 Å². The zero-order valence-corrected chi connectivity index (χ0v) is 14.9. The summed E-state index contributed by atoms with van der Waals surface area (Å²) in [6.45, 7) is 3.60. The largest absolute Gasteiger partial charge is 0.508 e. The van der Waals surface area contributed by atoms with E-state index in [2.05, 4.69) is 11.0 Å². The second kappa shape index (κ2) is 6.52. The minimum Gasteiger partial charge on any atom is -0.508 e. The Morgan fingerprint density at radius 2 is 1.88 bits per heavy atom. The van der Waals surface area contributed by atoms with E-state index in [-0.39, 0.29) is 23.6 Å². The molecule has 1 fully saturated rings. The number of amides is 1. The van der Waals surface area contributed by atoms with Crippen LogP contribution in [0.2, 0.25) is 0 Å². The summed E-state index contributed by atoms with van der Waals surface area (Å²) < 4.78 is 1.53. The van der Waals surface area contributed by atoms with Crippen molar-refractivity contribution in [3.8, 4) is 5.75 Å². The van der Waals surface area contributed by atoms with Gasteiger partial charge in [0.2, 0.25) is 5.91 Å². The number of benzene rings is 1. The van der Waals surface area contributed by atoms with Crippen LogP contribution in [0.25, 0.3) is 0 Å². The van der Waals surface area contributed by atoms with Crippen LogP contribution in [0.3, 0.4) is 0 Å². The molecule has 1 aromatic heterocycles. The van der Waals surface area contributed by atoms with E-state index in [0.717, 1.165) is 17.9 Å². The van der Waals surface area contributed by atoms with Crippen LogP contribution in [0.1, 0.15) is 25.0 Å². The Kier molecular flexibility index (Phi) is 4.18. The summed E-state index contributed by atoms with van der Waals surface area (Å²) in [5.41, 5.74) is 2.47. The number of pyridine rings is 1. The summed E-state index contributed by atoms with van der Waals surface area (Å²) in [6.07, 6.45) is 2.71. The molecule has 2 heterocycles. The SMILES string of the molecule is Cc1cc(O)cc(=O)n1CCC(=O)N1CCN(C2CC2)c2ccccc21. The third-order valence-corrected chi connectivity index (χ3v) is 5.20. The fraction of sp³-hybridized carbons (Fsp3) is 0.400. The van der Waals surface area contributed by atoms with E-state index in [9.17, 15) is 14.7 Å². The van der Waals surface area contributed by atoms with Gasteiger partial charge >= 0.3 is 0 Å². The van der Waals surface area contributed by atoms with Crippen molar-refractivity contribution >= 4 is 17.3 Å². The zero-order valence-electron chi connectivity index (χ0n) is 14.9. The minimum absolute atomic E-state index is 0.0206. The second-order valence-corrected chi connectivity index (χ2v) is 7.05. The topological polar surface area (TPSA) is 65.8 Å². The van der Waals surface area contributed by atoms with Gasteiger partial charge in [-0.15, -0.1) is 0 Å². The molecule has 26 heavy (non-hydrogen) atoms. The molecule has 4 rings (SSSR count). The van der Waals surface area contributed by atoms with Crippen molar-refractivity contribution in [3.63, 3.8) is 0 Å². The maximum Gasteiger partial charge on any atom is 0.254 e. The van der Waals surface area contributed by atoms with Crippen LogP contribution in [-0.4, -0.2) is 34.7 Å². The first kappa shape index (κ1) is 16.7. The van der Waals surface area contributed by atoms with E-state index in [1.165, 1.54) is 29.5 Å². The van der Waals surface area contributed by atoms with Gasteiger partial charge in [-0.05, 0) is 38.0 Å². The molecule has 1 aliphatic heterocycles. The number of carbonyl (C=O) groups is 1. The number of anilines is 2. The molecule has 0 atom stereocenters. The third kappa shape index (κ3) is 3.07. The standard InChI is InChI=1S/C20H23N3O3/c1-14-12-16(24)13-20(26)21(14)9-8-19(25)23-11-10-22(15-6-7-15)17-4-2-3-5-18(17)23/h2-5,12-13,15,24H,6-11H2,1H3. The number of para-hydroxylation sites is 2. The number of fused-ring (bicyclic) bond motifs is 1. The maximum absolute atomic E-state index is 12.9. The molecule has 0 saturated heterocycles. The molecule has 0 bridgehead atoms. The van der Waals surface area contributed by atoms with Crippen molar-refractivity contribution in [1.29, 1.82) is 0 Å². The van der Waals surface area contributed by atoms with Gasteiger partial charge in [-0.1, -0.05) is 12.1 Å². The number of rotatable bonds is 4. The highest BCUT2D eigenvalue weighted by molar-refractivity contribution is 5.98. The van der Waals surface area contributed by atoms with Crippen LogP contribution in [-0.2, 0) is 11.3 Å². The lowest BCUT2D eigenvalue weighted by atomic mass is 10.1. The van der Waals surface area contributed by atoms with Gasteiger partial charge in [0, 0.05) is 43.9 Å². The van der Waals surface area contributed by atoms with Gasteiger partial charge in [-0.2, -0.15) is 0 Å². The molecule has 1 amide bonds. The first-order chi connectivity index (χ1) is 12.5. The van der Waals surface area contributed by atoms with Crippen LogP contribution in [0.4, 0.5) is 11.4 Å². The third-order valence-electron chi connectivity index (χ3n) is 5.20. The number of carbonyl (C=O) groups excluding carboxylic acids is 1. The Labute approximate surface area is 152 Å². The summed E-state index contributed by atoms with van der Waals surface area (Å²) in [6, 6.07) is 11.4. The van der Waals surface area contributed by atoms with E-state index in [0.29, 0.717) is 24.8 Å². The van der Waals surface area contributed by atoms with Gasteiger partial charge in [0.25, 0.3) is 5.56 Å². The summed E-state index contributed by atoms with van der Waals surface area (Å²) in [4.78, 5) is 29.2. The molecule has 0 radical (unpaired) electrons. The molecule has 2 aromatic rings. The Bertz CT molecular complexity index is 901. The molecule has 6 nitrogen and oxygen atoms in total. The molecule has 0 unspecified atom stereocenters. The predicted octanol–water partition coefficient (Wildman–Crippen LogP) is 2.27. The molecule has 1 aliphatic carbocycles. The van der Waals surface area contributed by atoms with E-state index < -0.39 is 0 Å². The van der Waals surface area contributed by atoms with E-state index in [1.54, 1.807) is 6.92 Å². The monoisotopic (exact) mass is 353 g/mol. The highest BCUT2D eigenvalue weighted by Crippen LogP contribution is 2.39. The molecule has 1 N–H and O–H groups in total. The number of aromatic hydroxyl groups is 1. The number of aryl methyl sites for hydroxylation is 1. The Morgan fingerprint density at radius 3 is 2.58 bits per heavy atom. The second-order valence-electron chi connectivity index (χ2n) is 7.05. The summed E-state index contributed by atoms with van der Waals surface area (Å²) >= 11 is 0. The van der Waals surface area contributed by atoms with Crippen molar-refractivity contribution in [3.05, 3.63) is 52.4 Å². The highest BCUT2D eigenvalue weighted by atomic mass is 16.3. The van der Waals surface area contributed by atoms with E-state index in [4.69, 9.17) is 0 Å². The smallest absolute Gasteiger partial charge is 0.254 e. The lowest BCUT2D eigenvalue weighted by Crippen LogP contribution is -2.45. The fourth-order valence-corrected chi connectivity index (χ4v) is 3.75. The van der Waals surface area contributed by atoms with Gasteiger partial charge in [0.15, 0.2) is 0 Å². The van der Waals surface area contributed by atoms with Crippen molar-refractivity contribution in [2.75, 3.05) is 22.9 Å². The molecule has 1 aromatic carbocycles. The van der Waals surface area contributed by atoms with Crippen LogP contribution in [0, 0.1) is 6.92 Å². The van der Waals surface area contributed by atoms with E-state index in [1.807, 2.05) is 23.1 Å². The summed E-state index contributed by atoms with van der Waals surface area (Å²) in [5, 5.41) is 9.49. The van der Waals surface area contributed by atoms with Crippen molar-refractivity contribution in [2.45, 2.75) is 38.8 Å². The van der Waals surface area contributed by atoms with Gasteiger partial charge in [0.05, 0.1) is 11.4 Å².